The molecule has 0 bridgehead atoms. The van der Waals surface area contributed by atoms with E-state index in [1.807, 2.05) is 36.4 Å². The van der Waals surface area contributed by atoms with Crippen LogP contribution in [0.2, 0.25) is 0 Å². The maximum Gasteiger partial charge on any atom is 0.233 e. The lowest BCUT2D eigenvalue weighted by atomic mass is 9.67. The number of hydrogen-bond acceptors (Lipinski definition) is 4. The zero-order chi connectivity index (χ0) is 27.3. The largest absolute Gasteiger partial charge is 0.507 e. The number of benzene rings is 3. The van der Waals surface area contributed by atoms with Gasteiger partial charge < -0.3 is 9.84 Å². The standard InChI is InChI=1S/C34H35NO4/c1-20(2)26-18-27-32(34(38)35(3)33(27)37)28-19-39-30(31(26)28)16-14-22(21-9-5-4-6-10-21)17-23-13-15-29(36)25-12-8-7-11-24(23)25/h4-13,15,17,20,27-28,30,32,36H,14,16,18-19H2,1-3H3/b22-17-/t27-,28+,30-,32-/m1/s1. The van der Waals surface area contributed by atoms with Crippen LogP contribution < -0.4 is 0 Å². The van der Waals surface area contributed by atoms with Gasteiger partial charge in [-0.2, -0.15) is 0 Å². The minimum absolute atomic E-state index is 0.0160. The summed E-state index contributed by atoms with van der Waals surface area (Å²) < 4.78 is 6.43. The Balaban J connectivity index is 1.34. The lowest BCUT2D eigenvalue weighted by molar-refractivity contribution is -0.138. The molecule has 5 heteroatoms. The van der Waals surface area contributed by atoms with Crippen molar-refractivity contribution >= 4 is 34.2 Å². The van der Waals surface area contributed by atoms with Gasteiger partial charge in [-0.05, 0) is 58.9 Å². The van der Waals surface area contributed by atoms with Crippen molar-refractivity contribution in [2.75, 3.05) is 13.7 Å². The quantitative estimate of drug-likeness (QED) is 0.229. The van der Waals surface area contributed by atoms with Gasteiger partial charge in [-0.25, -0.2) is 0 Å². The lowest BCUT2D eigenvalue weighted by Crippen LogP contribution is -2.34. The number of carbonyl (C=O) groups is 2. The summed E-state index contributed by atoms with van der Waals surface area (Å²) >= 11 is 0. The second-order valence-corrected chi connectivity index (χ2v) is 11.4. The molecule has 3 aromatic carbocycles. The Kier molecular flexibility index (Phi) is 6.64. The highest BCUT2D eigenvalue weighted by molar-refractivity contribution is 6.05. The highest BCUT2D eigenvalue weighted by atomic mass is 16.5. The van der Waals surface area contributed by atoms with Crippen molar-refractivity contribution < 1.29 is 19.4 Å². The first-order chi connectivity index (χ1) is 18.8. The molecule has 1 aliphatic carbocycles. The highest BCUT2D eigenvalue weighted by Gasteiger charge is 2.56. The number of phenolic OH excluding ortho intramolecular Hbond substituents is 1. The second-order valence-electron chi connectivity index (χ2n) is 11.4. The number of allylic oxidation sites excluding steroid dienone is 2. The molecule has 0 unspecified atom stereocenters. The third kappa shape index (κ3) is 4.39. The van der Waals surface area contributed by atoms with Crippen LogP contribution in [-0.2, 0) is 14.3 Å². The minimum Gasteiger partial charge on any atom is -0.507 e. The Hall–Kier alpha value is -3.70. The summed E-state index contributed by atoms with van der Waals surface area (Å²) in [4.78, 5) is 27.3. The fraction of sp³-hybridized carbons (Fsp3) is 0.353. The Morgan fingerprint density at radius 3 is 2.44 bits per heavy atom. The fourth-order valence-electron chi connectivity index (χ4n) is 6.98. The number of aromatic hydroxyl groups is 1. The van der Waals surface area contributed by atoms with Crippen molar-refractivity contribution in [1.82, 2.24) is 4.90 Å². The first-order valence-electron chi connectivity index (χ1n) is 14.0. The minimum atomic E-state index is -0.294. The molecule has 0 saturated carbocycles. The normalized spacial score (nSPS) is 25.1. The summed E-state index contributed by atoms with van der Waals surface area (Å²) in [6.45, 7) is 4.87. The Morgan fingerprint density at radius 2 is 1.69 bits per heavy atom. The molecule has 3 aromatic rings. The zero-order valence-electron chi connectivity index (χ0n) is 22.8. The molecule has 5 nitrogen and oxygen atoms in total. The summed E-state index contributed by atoms with van der Waals surface area (Å²) in [5.74, 6) is -0.0730. The topological polar surface area (TPSA) is 66.8 Å². The van der Waals surface area contributed by atoms with E-state index in [0.717, 1.165) is 34.7 Å². The molecule has 6 rings (SSSR count). The van der Waals surface area contributed by atoms with E-state index in [1.165, 1.54) is 21.6 Å². The maximum absolute atomic E-state index is 13.1. The van der Waals surface area contributed by atoms with Gasteiger partial charge in [-0.1, -0.05) is 86.2 Å². The van der Waals surface area contributed by atoms with Crippen LogP contribution in [0.5, 0.6) is 5.75 Å². The van der Waals surface area contributed by atoms with Crippen LogP contribution in [0.3, 0.4) is 0 Å². The molecular weight excluding hydrogens is 486 g/mol. The molecule has 4 atom stereocenters. The van der Waals surface area contributed by atoms with Crippen LogP contribution in [0.1, 0.15) is 44.2 Å². The van der Waals surface area contributed by atoms with E-state index in [2.05, 4.69) is 44.2 Å². The number of nitrogens with zero attached hydrogens (tertiary/aromatic N) is 1. The number of amides is 2. The second kappa shape index (κ2) is 10.1. The van der Waals surface area contributed by atoms with Crippen molar-refractivity contribution in [2.45, 2.75) is 39.2 Å². The SMILES string of the molecule is CC(C)C1=C2[C@@H](CC/C(=C/c3ccc(O)c4ccccc34)c3ccccc3)OC[C@@H]2[C@@H]2C(=O)N(C)C(=O)[C@@H]2C1. The molecule has 2 heterocycles. The van der Waals surface area contributed by atoms with Crippen molar-refractivity contribution in [3.63, 3.8) is 0 Å². The van der Waals surface area contributed by atoms with E-state index in [4.69, 9.17) is 4.74 Å². The summed E-state index contributed by atoms with van der Waals surface area (Å²) in [7, 11) is 1.62. The van der Waals surface area contributed by atoms with E-state index in [0.29, 0.717) is 18.9 Å². The van der Waals surface area contributed by atoms with Gasteiger partial charge in [0.05, 0.1) is 24.5 Å². The predicted molar refractivity (Wildman–Crippen MR) is 154 cm³/mol. The van der Waals surface area contributed by atoms with Crippen molar-refractivity contribution in [2.24, 2.45) is 23.7 Å². The van der Waals surface area contributed by atoms with E-state index in [1.54, 1.807) is 13.1 Å². The number of phenols is 1. The Bertz CT molecular complexity index is 1500. The van der Waals surface area contributed by atoms with Gasteiger partial charge in [0.25, 0.3) is 0 Å². The van der Waals surface area contributed by atoms with Gasteiger partial charge in [-0.3, -0.25) is 14.5 Å². The number of carbonyl (C=O) groups excluding carboxylic acids is 2. The number of ether oxygens (including phenoxy) is 1. The molecule has 3 aliphatic rings. The van der Waals surface area contributed by atoms with Crippen LogP contribution in [0.25, 0.3) is 22.4 Å². The fourth-order valence-corrected chi connectivity index (χ4v) is 6.98. The Morgan fingerprint density at radius 1 is 0.974 bits per heavy atom. The monoisotopic (exact) mass is 521 g/mol. The molecule has 0 radical (unpaired) electrons. The van der Waals surface area contributed by atoms with Gasteiger partial charge in [0, 0.05) is 18.4 Å². The van der Waals surface area contributed by atoms with Crippen LogP contribution >= 0.6 is 0 Å². The molecule has 1 N–H and O–H groups in total. The summed E-state index contributed by atoms with van der Waals surface area (Å²) in [5, 5.41) is 12.3. The number of fused-ring (bicyclic) bond motifs is 4. The predicted octanol–water partition coefficient (Wildman–Crippen LogP) is 6.47. The van der Waals surface area contributed by atoms with Crippen LogP contribution in [0.15, 0.2) is 77.9 Å². The van der Waals surface area contributed by atoms with Gasteiger partial charge in [-0.15, -0.1) is 0 Å². The van der Waals surface area contributed by atoms with Crippen LogP contribution in [-0.4, -0.2) is 41.6 Å². The number of hydrogen-bond donors (Lipinski definition) is 1. The zero-order valence-corrected chi connectivity index (χ0v) is 22.8. The molecule has 0 aromatic heterocycles. The molecule has 2 aliphatic heterocycles. The molecule has 0 spiro atoms. The van der Waals surface area contributed by atoms with E-state index < -0.39 is 0 Å². The van der Waals surface area contributed by atoms with Crippen LogP contribution in [0.4, 0.5) is 0 Å². The molecule has 200 valence electrons. The van der Waals surface area contributed by atoms with Crippen molar-refractivity contribution in [1.29, 1.82) is 0 Å². The molecule has 2 saturated heterocycles. The highest BCUT2D eigenvalue weighted by Crippen LogP contribution is 2.51. The summed E-state index contributed by atoms with van der Waals surface area (Å²) in [6.07, 6.45) is 4.42. The third-order valence-corrected chi connectivity index (χ3v) is 8.95. The number of rotatable bonds is 6. The van der Waals surface area contributed by atoms with Gasteiger partial charge in [0.2, 0.25) is 11.8 Å². The lowest BCUT2D eigenvalue weighted by Gasteiger charge is -2.33. The molecule has 2 fully saturated rings. The average Bonchev–Trinajstić information content (AvgIpc) is 3.47. The third-order valence-electron chi connectivity index (χ3n) is 8.95. The van der Waals surface area contributed by atoms with Crippen LogP contribution in [0, 0.1) is 23.7 Å². The van der Waals surface area contributed by atoms with E-state index in [9.17, 15) is 14.7 Å². The first-order valence-corrected chi connectivity index (χ1v) is 14.0. The van der Waals surface area contributed by atoms with Gasteiger partial charge in [0.15, 0.2) is 0 Å². The smallest absolute Gasteiger partial charge is 0.233 e. The summed E-state index contributed by atoms with van der Waals surface area (Å²) in [6, 6.07) is 22.1. The van der Waals surface area contributed by atoms with Gasteiger partial charge >= 0.3 is 0 Å². The average molecular weight is 522 g/mol. The number of imide groups is 1. The van der Waals surface area contributed by atoms with Crippen molar-refractivity contribution in [3.05, 3.63) is 89.0 Å². The number of likely N-dealkylation sites (tertiary alicyclic amines) is 1. The summed E-state index contributed by atoms with van der Waals surface area (Å²) in [5.41, 5.74) is 5.99. The maximum atomic E-state index is 13.1. The van der Waals surface area contributed by atoms with Crippen molar-refractivity contribution in [3.8, 4) is 5.75 Å². The Labute approximate surface area is 229 Å². The van der Waals surface area contributed by atoms with E-state index >= 15 is 0 Å². The molecule has 2 amide bonds. The first kappa shape index (κ1) is 25.6. The van der Waals surface area contributed by atoms with E-state index in [-0.39, 0.29) is 41.4 Å². The molecule has 39 heavy (non-hydrogen) atoms. The molecular formula is C34H35NO4. The van der Waals surface area contributed by atoms with Gasteiger partial charge in [0.1, 0.15) is 5.75 Å².